The quantitative estimate of drug-likeness (QED) is 0.773. The van der Waals surface area contributed by atoms with Crippen LogP contribution in [-0.4, -0.2) is 21.0 Å². The second-order valence-electron chi connectivity index (χ2n) is 5.22. The first-order valence-electron chi connectivity index (χ1n) is 6.60. The van der Waals surface area contributed by atoms with Gasteiger partial charge in [-0.3, -0.25) is 4.79 Å². The summed E-state index contributed by atoms with van der Waals surface area (Å²) in [4.78, 5) is 28.0. The zero-order chi connectivity index (χ0) is 13.4. The Labute approximate surface area is 109 Å². The predicted molar refractivity (Wildman–Crippen MR) is 71.3 cm³/mol. The number of nitrogens with one attached hydrogen (secondary N) is 2. The molecule has 1 heterocycles. The van der Waals surface area contributed by atoms with Crippen molar-refractivity contribution in [1.82, 2.24) is 9.97 Å². The summed E-state index contributed by atoms with van der Waals surface area (Å²) in [7, 11) is 0. The number of benzene rings is 1. The maximum Gasteiger partial charge on any atom is 0.323 e. The molecule has 2 atom stereocenters. The third-order valence-electron chi connectivity index (χ3n) is 4.05. The number of aromatic nitrogens is 2. The van der Waals surface area contributed by atoms with Gasteiger partial charge in [0.25, 0.3) is 0 Å². The van der Waals surface area contributed by atoms with E-state index in [0.29, 0.717) is 0 Å². The predicted octanol–water partition coefficient (Wildman–Crippen LogP) is 2.21. The summed E-state index contributed by atoms with van der Waals surface area (Å²) in [5, 5.41) is 9.32. The highest BCUT2D eigenvalue weighted by molar-refractivity contribution is 5.76. The Morgan fingerprint density at radius 3 is 2.68 bits per heavy atom. The maximum atomic E-state index is 11.3. The van der Waals surface area contributed by atoms with Crippen molar-refractivity contribution in [1.29, 1.82) is 0 Å². The fourth-order valence-corrected chi connectivity index (χ4v) is 3.11. The number of fused-ring (bicyclic) bond motifs is 1. The summed E-state index contributed by atoms with van der Waals surface area (Å²) in [6, 6.07) is 5.67. The molecular weight excluding hydrogens is 244 g/mol. The van der Waals surface area contributed by atoms with E-state index >= 15 is 0 Å². The van der Waals surface area contributed by atoms with Gasteiger partial charge in [-0.1, -0.05) is 18.9 Å². The second-order valence-corrected chi connectivity index (χ2v) is 5.22. The van der Waals surface area contributed by atoms with Crippen molar-refractivity contribution in [2.75, 3.05) is 0 Å². The van der Waals surface area contributed by atoms with Crippen LogP contribution in [0.4, 0.5) is 0 Å². The maximum absolute atomic E-state index is 11.3. The van der Waals surface area contributed by atoms with Crippen molar-refractivity contribution in [3.63, 3.8) is 0 Å². The van der Waals surface area contributed by atoms with Crippen LogP contribution in [0, 0.1) is 5.92 Å². The lowest BCUT2D eigenvalue weighted by Crippen LogP contribution is -2.25. The van der Waals surface area contributed by atoms with Gasteiger partial charge in [-0.15, -0.1) is 0 Å². The number of imidazole rings is 1. The van der Waals surface area contributed by atoms with Gasteiger partial charge in [-0.2, -0.15) is 0 Å². The molecule has 1 aliphatic rings. The summed E-state index contributed by atoms with van der Waals surface area (Å²) >= 11 is 0. The molecule has 0 amide bonds. The van der Waals surface area contributed by atoms with Crippen LogP contribution in [0.5, 0.6) is 0 Å². The molecule has 1 aliphatic carbocycles. The van der Waals surface area contributed by atoms with Crippen LogP contribution >= 0.6 is 0 Å². The van der Waals surface area contributed by atoms with E-state index in [1.165, 1.54) is 0 Å². The number of hydrogen-bond donors (Lipinski definition) is 3. The normalized spacial score (nSPS) is 23.6. The van der Waals surface area contributed by atoms with E-state index < -0.39 is 5.97 Å². The number of aromatic amines is 2. The van der Waals surface area contributed by atoms with Crippen LogP contribution in [0.25, 0.3) is 11.0 Å². The van der Waals surface area contributed by atoms with Gasteiger partial charge >= 0.3 is 11.7 Å². The Kier molecular flexibility index (Phi) is 2.89. The molecule has 0 aliphatic heterocycles. The van der Waals surface area contributed by atoms with Crippen molar-refractivity contribution in [2.45, 2.75) is 31.6 Å². The minimum atomic E-state index is -0.715. The van der Waals surface area contributed by atoms with Crippen LogP contribution in [-0.2, 0) is 4.79 Å². The number of carboxylic acids is 1. The minimum absolute atomic E-state index is 0.0500. The molecule has 19 heavy (non-hydrogen) atoms. The standard InChI is InChI=1S/C14H16N2O3/c17-13(18)10-4-2-1-3-9(10)8-5-6-11-12(7-8)16-14(19)15-11/h5-7,9-10H,1-4H2,(H,17,18)(H2,15,16,19). The molecule has 2 aromatic rings. The second kappa shape index (κ2) is 4.57. The van der Waals surface area contributed by atoms with Crippen molar-refractivity contribution in [3.8, 4) is 0 Å². The lowest BCUT2D eigenvalue weighted by atomic mass is 9.75. The van der Waals surface area contributed by atoms with E-state index in [4.69, 9.17) is 0 Å². The molecule has 100 valence electrons. The number of rotatable bonds is 2. The van der Waals surface area contributed by atoms with E-state index in [1.807, 2.05) is 18.2 Å². The summed E-state index contributed by atoms with van der Waals surface area (Å²) in [5.74, 6) is -0.974. The first kappa shape index (κ1) is 12.0. The van der Waals surface area contributed by atoms with E-state index in [-0.39, 0.29) is 17.5 Å². The molecule has 0 spiro atoms. The highest BCUT2D eigenvalue weighted by Gasteiger charge is 2.31. The highest BCUT2D eigenvalue weighted by atomic mass is 16.4. The van der Waals surface area contributed by atoms with Gasteiger partial charge in [0.1, 0.15) is 0 Å². The summed E-state index contributed by atoms with van der Waals surface area (Å²) in [6.45, 7) is 0. The van der Waals surface area contributed by atoms with Crippen LogP contribution in [0.3, 0.4) is 0 Å². The Morgan fingerprint density at radius 2 is 1.89 bits per heavy atom. The van der Waals surface area contributed by atoms with E-state index in [1.54, 1.807) is 0 Å². The number of carboxylic acid groups (broad SMARTS) is 1. The first-order valence-corrected chi connectivity index (χ1v) is 6.60. The average Bonchev–Trinajstić information content (AvgIpc) is 2.77. The number of hydrogen-bond acceptors (Lipinski definition) is 2. The van der Waals surface area contributed by atoms with Gasteiger partial charge in [0.05, 0.1) is 17.0 Å². The first-order chi connectivity index (χ1) is 9.15. The monoisotopic (exact) mass is 260 g/mol. The van der Waals surface area contributed by atoms with E-state index in [0.717, 1.165) is 42.3 Å². The molecule has 5 nitrogen and oxygen atoms in total. The SMILES string of the molecule is O=C(O)C1CCCCC1c1ccc2[nH]c(=O)[nH]c2c1. The molecule has 1 fully saturated rings. The Bertz CT molecular complexity index is 671. The highest BCUT2D eigenvalue weighted by Crippen LogP contribution is 2.38. The van der Waals surface area contributed by atoms with Crippen molar-refractivity contribution >= 4 is 17.0 Å². The zero-order valence-corrected chi connectivity index (χ0v) is 10.5. The molecule has 0 radical (unpaired) electrons. The summed E-state index contributed by atoms with van der Waals surface area (Å²) in [6.07, 6.45) is 3.69. The molecule has 3 rings (SSSR count). The molecule has 1 saturated carbocycles. The van der Waals surface area contributed by atoms with Crippen molar-refractivity contribution in [2.24, 2.45) is 5.92 Å². The van der Waals surface area contributed by atoms with Crippen LogP contribution in [0.2, 0.25) is 0 Å². The fraction of sp³-hybridized carbons (Fsp3) is 0.429. The fourth-order valence-electron chi connectivity index (χ4n) is 3.11. The van der Waals surface area contributed by atoms with Gasteiger partial charge in [0.15, 0.2) is 0 Å². The Balaban J connectivity index is 2.01. The zero-order valence-electron chi connectivity index (χ0n) is 10.5. The Hall–Kier alpha value is -2.04. The van der Waals surface area contributed by atoms with E-state index in [9.17, 15) is 14.7 Å². The molecule has 0 bridgehead atoms. The lowest BCUT2D eigenvalue weighted by Gasteiger charge is -2.28. The number of aliphatic carboxylic acids is 1. The number of carbonyl (C=O) groups is 1. The van der Waals surface area contributed by atoms with Gasteiger partial charge in [-0.25, -0.2) is 4.79 Å². The van der Waals surface area contributed by atoms with Crippen molar-refractivity contribution in [3.05, 3.63) is 34.2 Å². The third-order valence-corrected chi connectivity index (χ3v) is 4.05. The molecular formula is C14H16N2O3. The largest absolute Gasteiger partial charge is 0.481 e. The molecule has 1 aromatic heterocycles. The van der Waals surface area contributed by atoms with Gasteiger partial charge in [0.2, 0.25) is 0 Å². The minimum Gasteiger partial charge on any atom is -0.481 e. The average molecular weight is 260 g/mol. The van der Waals surface area contributed by atoms with Gasteiger partial charge in [0, 0.05) is 0 Å². The third kappa shape index (κ3) is 2.16. The molecule has 5 heteroatoms. The van der Waals surface area contributed by atoms with Crippen LogP contribution in [0.1, 0.15) is 37.2 Å². The molecule has 1 aromatic carbocycles. The molecule has 3 N–H and O–H groups in total. The topological polar surface area (TPSA) is 85.9 Å². The lowest BCUT2D eigenvalue weighted by molar-refractivity contribution is -0.143. The number of H-pyrrole nitrogens is 2. The van der Waals surface area contributed by atoms with E-state index in [2.05, 4.69) is 9.97 Å². The molecule has 2 unspecified atom stereocenters. The smallest absolute Gasteiger partial charge is 0.323 e. The molecule has 0 saturated heterocycles. The van der Waals surface area contributed by atoms with Gasteiger partial charge in [-0.05, 0) is 36.5 Å². The summed E-state index contributed by atoms with van der Waals surface area (Å²) in [5.41, 5.74) is 2.29. The van der Waals surface area contributed by atoms with Crippen LogP contribution in [0.15, 0.2) is 23.0 Å². The van der Waals surface area contributed by atoms with Crippen molar-refractivity contribution < 1.29 is 9.90 Å². The summed E-state index contributed by atoms with van der Waals surface area (Å²) < 4.78 is 0. The van der Waals surface area contributed by atoms with Crippen LogP contribution < -0.4 is 5.69 Å². The van der Waals surface area contributed by atoms with Gasteiger partial charge < -0.3 is 15.1 Å². The Morgan fingerprint density at radius 1 is 1.16 bits per heavy atom.